The lowest BCUT2D eigenvalue weighted by molar-refractivity contribution is 0.103. The zero-order chi connectivity index (χ0) is 15.1. The van der Waals surface area contributed by atoms with Crippen molar-refractivity contribution >= 4 is 11.6 Å². The maximum Gasteiger partial charge on any atom is 0.120 e. The van der Waals surface area contributed by atoms with E-state index in [-0.39, 0.29) is 6.61 Å². The smallest absolute Gasteiger partial charge is 0.120 e. The Morgan fingerprint density at radius 3 is 2.95 bits per heavy atom. The number of benzene rings is 1. The molecule has 0 radical (unpaired) electrons. The highest BCUT2D eigenvalue weighted by Crippen LogP contribution is 2.28. The number of nitrogens with one attached hydrogen (secondary N) is 1. The minimum absolute atomic E-state index is 0.285. The highest BCUT2D eigenvalue weighted by molar-refractivity contribution is 6.30. The van der Waals surface area contributed by atoms with E-state index in [0.29, 0.717) is 17.3 Å². The van der Waals surface area contributed by atoms with Crippen molar-refractivity contribution in [2.75, 3.05) is 19.7 Å². The van der Waals surface area contributed by atoms with E-state index in [9.17, 15) is 5.11 Å². The fourth-order valence-electron chi connectivity index (χ4n) is 2.94. The third-order valence-electron chi connectivity index (χ3n) is 4.31. The van der Waals surface area contributed by atoms with Crippen molar-refractivity contribution in [1.29, 1.82) is 0 Å². The van der Waals surface area contributed by atoms with Crippen molar-refractivity contribution in [3.8, 4) is 5.75 Å². The molecule has 0 spiro atoms. The maximum absolute atomic E-state index is 9.95. The van der Waals surface area contributed by atoms with E-state index in [1.54, 1.807) is 12.1 Å². The minimum Gasteiger partial charge on any atom is -0.491 e. The van der Waals surface area contributed by atoms with Crippen LogP contribution in [0.5, 0.6) is 5.75 Å². The number of aliphatic hydroxyl groups excluding tert-OH is 1. The fraction of sp³-hybridized carbons (Fsp3) is 0.647. The number of rotatable bonds is 7. The van der Waals surface area contributed by atoms with Crippen molar-refractivity contribution in [3.63, 3.8) is 0 Å². The summed E-state index contributed by atoms with van der Waals surface area (Å²) in [6.45, 7) is 4.19. The van der Waals surface area contributed by atoms with Gasteiger partial charge in [-0.15, -0.1) is 0 Å². The Balaban J connectivity index is 1.62. The van der Waals surface area contributed by atoms with E-state index in [1.165, 1.54) is 25.7 Å². The van der Waals surface area contributed by atoms with Crippen LogP contribution in [0.15, 0.2) is 24.3 Å². The van der Waals surface area contributed by atoms with Gasteiger partial charge in [-0.25, -0.2) is 0 Å². The van der Waals surface area contributed by atoms with Gasteiger partial charge in [-0.05, 0) is 43.0 Å². The second kappa shape index (κ2) is 8.62. The summed E-state index contributed by atoms with van der Waals surface area (Å²) in [7, 11) is 0. The number of halogens is 1. The first-order chi connectivity index (χ1) is 10.1. The monoisotopic (exact) mass is 311 g/mol. The largest absolute Gasteiger partial charge is 0.491 e. The molecule has 1 fully saturated rings. The molecule has 3 atom stereocenters. The van der Waals surface area contributed by atoms with Crippen LogP contribution in [0.1, 0.15) is 32.6 Å². The van der Waals surface area contributed by atoms with Gasteiger partial charge in [-0.2, -0.15) is 0 Å². The van der Waals surface area contributed by atoms with Crippen molar-refractivity contribution in [2.45, 2.75) is 38.7 Å². The molecule has 1 aromatic carbocycles. The Bertz CT molecular complexity index is 427. The number of hydrogen-bond acceptors (Lipinski definition) is 3. The van der Waals surface area contributed by atoms with E-state index < -0.39 is 6.10 Å². The highest BCUT2D eigenvalue weighted by Gasteiger charge is 2.20. The van der Waals surface area contributed by atoms with Crippen molar-refractivity contribution in [1.82, 2.24) is 5.32 Å². The summed E-state index contributed by atoms with van der Waals surface area (Å²) < 4.78 is 5.54. The summed E-state index contributed by atoms with van der Waals surface area (Å²) in [5, 5.41) is 14.0. The molecular formula is C17H26ClNO2. The summed E-state index contributed by atoms with van der Waals surface area (Å²) >= 11 is 5.89. The molecule has 1 aliphatic rings. The van der Waals surface area contributed by atoms with Crippen LogP contribution in [-0.2, 0) is 0 Å². The SMILES string of the molecule is CC1CCCCC1CNCC(O)COc1cccc(Cl)c1. The van der Waals surface area contributed by atoms with E-state index in [1.807, 2.05) is 12.1 Å². The first kappa shape index (κ1) is 16.6. The van der Waals surface area contributed by atoms with Gasteiger partial charge in [-0.1, -0.05) is 43.9 Å². The van der Waals surface area contributed by atoms with E-state index in [2.05, 4.69) is 12.2 Å². The summed E-state index contributed by atoms with van der Waals surface area (Å²) in [5.74, 6) is 2.24. The lowest BCUT2D eigenvalue weighted by Crippen LogP contribution is -2.36. The Hall–Kier alpha value is -0.770. The number of aliphatic hydroxyl groups is 1. The Morgan fingerprint density at radius 2 is 2.19 bits per heavy atom. The molecule has 1 aromatic rings. The van der Waals surface area contributed by atoms with Gasteiger partial charge in [-0.3, -0.25) is 0 Å². The van der Waals surface area contributed by atoms with Gasteiger partial charge in [0.05, 0.1) is 0 Å². The topological polar surface area (TPSA) is 41.5 Å². The average molecular weight is 312 g/mol. The molecule has 0 aromatic heterocycles. The predicted molar refractivity (Wildman–Crippen MR) is 86.9 cm³/mol. The normalized spacial score (nSPS) is 23.8. The summed E-state index contributed by atoms with van der Waals surface area (Å²) in [6, 6.07) is 7.24. The van der Waals surface area contributed by atoms with E-state index >= 15 is 0 Å². The highest BCUT2D eigenvalue weighted by atomic mass is 35.5. The van der Waals surface area contributed by atoms with E-state index in [4.69, 9.17) is 16.3 Å². The molecule has 1 aliphatic carbocycles. The molecule has 0 saturated heterocycles. The average Bonchev–Trinajstić information content (AvgIpc) is 2.47. The Morgan fingerprint density at radius 1 is 1.38 bits per heavy atom. The van der Waals surface area contributed by atoms with E-state index in [0.717, 1.165) is 18.4 Å². The lowest BCUT2D eigenvalue weighted by atomic mass is 9.80. The van der Waals surface area contributed by atoms with Gasteiger partial charge in [0.2, 0.25) is 0 Å². The van der Waals surface area contributed by atoms with Crippen LogP contribution >= 0.6 is 11.6 Å². The van der Waals surface area contributed by atoms with Crippen molar-refractivity contribution in [2.24, 2.45) is 11.8 Å². The maximum atomic E-state index is 9.95. The predicted octanol–water partition coefficient (Wildman–Crippen LogP) is 3.50. The number of hydrogen-bond donors (Lipinski definition) is 2. The number of ether oxygens (including phenoxy) is 1. The van der Waals surface area contributed by atoms with Crippen molar-refractivity contribution < 1.29 is 9.84 Å². The molecule has 3 unspecified atom stereocenters. The Labute approximate surface area is 132 Å². The van der Waals surface area contributed by atoms with Crippen LogP contribution in [0.3, 0.4) is 0 Å². The molecule has 2 rings (SSSR count). The molecule has 0 aliphatic heterocycles. The summed E-state index contributed by atoms with van der Waals surface area (Å²) in [6.07, 6.45) is 4.86. The van der Waals surface area contributed by atoms with Gasteiger partial charge < -0.3 is 15.2 Å². The molecule has 21 heavy (non-hydrogen) atoms. The zero-order valence-corrected chi connectivity index (χ0v) is 13.5. The van der Waals surface area contributed by atoms with Crippen LogP contribution < -0.4 is 10.1 Å². The second-order valence-electron chi connectivity index (χ2n) is 6.10. The molecule has 0 bridgehead atoms. The van der Waals surface area contributed by atoms with Crippen LogP contribution in [-0.4, -0.2) is 30.9 Å². The quantitative estimate of drug-likeness (QED) is 0.810. The van der Waals surface area contributed by atoms with Gasteiger partial charge in [0.15, 0.2) is 0 Å². The summed E-state index contributed by atoms with van der Waals surface area (Å²) in [5.41, 5.74) is 0. The summed E-state index contributed by atoms with van der Waals surface area (Å²) in [4.78, 5) is 0. The molecule has 1 saturated carbocycles. The van der Waals surface area contributed by atoms with Crippen molar-refractivity contribution in [3.05, 3.63) is 29.3 Å². The van der Waals surface area contributed by atoms with Crippen LogP contribution in [0.2, 0.25) is 5.02 Å². The van der Waals surface area contributed by atoms with Gasteiger partial charge in [0.25, 0.3) is 0 Å². The third-order valence-corrected chi connectivity index (χ3v) is 4.55. The molecule has 0 heterocycles. The standard InChI is InChI=1S/C17H26ClNO2/c1-13-5-2-3-6-14(13)10-19-11-16(20)12-21-17-8-4-7-15(18)9-17/h4,7-9,13-14,16,19-20H,2-3,5-6,10-12H2,1H3. The molecule has 3 nitrogen and oxygen atoms in total. The Kier molecular flexibility index (Phi) is 6.81. The molecule has 4 heteroatoms. The molecular weight excluding hydrogens is 286 g/mol. The zero-order valence-electron chi connectivity index (χ0n) is 12.7. The van der Waals surface area contributed by atoms with Gasteiger partial charge in [0.1, 0.15) is 18.5 Å². The van der Waals surface area contributed by atoms with Crippen LogP contribution in [0, 0.1) is 11.8 Å². The van der Waals surface area contributed by atoms with Crippen LogP contribution in [0.4, 0.5) is 0 Å². The minimum atomic E-state index is -0.497. The molecule has 0 amide bonds. The third kappa shape index (κ3) is 5.85. The lowest BCUT2D eigenvalue weighted by Gasteiger charge is -2.29. The second-order valence-corrected chi connectivity index (χ2v) is 6.54. The first-order valence-electron chi connectivity index (χ1n) is 7.92. The van der Waals surface area contributed by atoms with Gasteiger partial charge >= 0.3 is 0 Å². The van der Waals surface area contributed by atoms with Crippen LogP contribution in [0.25, 0.3) is 0 Å². The fourth-order valence-corrected chi connectivity index (χ4v) is 3.12. The van der Waals surface area contributed by atoms with Gasteiger partial charge in [0, 0.05) is 11.6 Å². The molecule has 118 valence electrons. The first-order valence-corrected chi connectivity index (χ1v) is 8.30. The molecule has 2 N–H and O–H groups in total.